The van der Waals surface area contributed by atoms with Gasteiger partial charge in [0.1, 0.15) is 0 Å². The fourth-order valence-electron chi connectivity index (χ4n) is 1.60. The Balaban J connectivity index is 3.94. The van der Waals surface area contributed by atoms with Crippen molar-refractivity contribution in [2.24, 2.45) is 11.7 Å². The van der Waals surface area contributed by atoms with Gasteiger partial charge in [0.2, 0.25) is 0 Å². The van der Waals surface area contributed by atoms with Gasteiger partial charge in [0.05, 0.1) is 6.61 Å². The Morgan fingerprint density at radius 2 is 1.93 bits per heavy atom. The number of nitrogens with zero attached hydrogens (tertiary/aromatic N) is 1. The third kappa shape index (κ3) is 6.35. The second kappa shape index (κ2) is 8.21. The molecule has 0 amide bonds. The molecule has 86 valence electrons. The number of hydrogen-bond donors (Lipinski definition) is 1. The van der Waals surface area contributed by atoms with Crippen molar-refractivity contribution in [2.75, 3.05) is 33.4 Å². The summed E-state index contributed by atoms with van der Waals surface area (Å²) in [6.45, 7) is 10.5. The minimum absolute atomic E-state index is 0.494. The molecule has 2 N–H and O–H groups in total. The van der Waals surface area contributed by atoms with E-state index in [0.29, 0.717) is 12.0 Å². The molecule has 0 aromatic heterocycles. The quantitative estimate of drug-likeness (QED) is 0.645. The van der Waals surface area contributed by atoms with Gasteiger partial charge in [0, 0.05) is 19.7 Å². The lowest BCUT2D eigenvalue weighted by atomic mass is 10.1. The van der Waals surface area contributed by atoms with Gasteiger partial charge >= 0.3 is 0 Å². The van der Waals surface area contributed by atoms with Crippen molar-refractivity contribution in [3.63, 3.8) is 0 Å². The van der Waals surface area contributed by atoms with Crippen LogP contribution in [0, 0.1) is 5.92 Å². The normalized spacial score (nSPS) is 13.9. The average Bonchev–Trinajstić information content (AvgIpc) is 2.12. The minimum Gasteiger partial charge on any atom is -0.383 e. The van der Waals surface area contributed by atoms with Crippen LogP contribution >= 0.6 is 0 Å². The van der Waals surface area contributed by atoms with Gasteiger partial charge in [-0.25, -0.2) is 0 Å². The zero-order chi connectivity index (χ0) is 11.0. The summed E-state index contributed by atoms with van der Waals surface area (Å²) >= 11 is 0. The van der Waals surface area contributed by atoms with E-state index in [1.807, 2.05) is 0 Å². The van der Waals surface area contributed by atoms with Crippen LogP contribution < -0.4 is 5.73 Å². The van der Waals surface area contributed by atoms with Crippen LogP contribution in [0.2, 0.25) is 0 Å². The van der Waals surface area contributed by atoms with E-state index in [-0.39, 0.29) is 0 Å². The van der Waals surface area contributed by atoms with Crippen molar-refractivity contribution in [3.8, 4) is 0 Å². The summed E-state index contributed by atoms with van der Waals surface area (Å²) in [6, 6.07) is 0.494. The van der Waals surface area contributed by atoms with Crippen LogP contribution in [0.4, 0.5) is 0 Å². The fourth-order valence-corrected chi connectivity index (χ4v) is 1.60. The van der Waals surface area contributed by atoms with E-state index >= 15 is 0 Å². The lowest BCUT2D eigenvalue weighted by Crippen LogP contribution is -2.40. The SMILES string of the molecule is COCC(C)N(CCCN)CC(C)C. The number of rotatable bonds is 8. The predicted molar refractivity (Wildman–Crippen MR) is 61.4 cm³/mol. The van der Waals surface area contributed by atoms with Crippen molar-refractivity contribution < 1.29 is 4.74 Å². The lowest BCUT2D eigenvalue weighted by molar-refractivity contribution is 0.0908. The Kier molecular flexibility index (Phi) is 8.14. The monoisotopic (exact) mass is 202 g/mol. The molecule has 0 saturated heterocycles. The standard InChI is InChI=1S/C11H26N2O/c1-10(2)8-13(7-5-6-12)11(3)9-14-4/h10-11H,5-9,12H2,1-4H3. The van der Waals surface area contributed by atoms with Gasteiger partial charge in [0.25, 0.3) is 0 Å². The largest absolute Gasteiger partial charge is 0.383 e. The number of methoxy groups -OCH3 is 1. The molecule has 0 aliphatic carbocycles. The second-order valence-electron chi connectivity index (χ2n) is 4.34. The molecule has 0 rings (SSSR count). The molecule has 3 heteroatoms. The summed E-state index contributed by atoms with van der Waals surface area (Å²) in [6.07, 6.45) is 1.07. The first-order valence-electron chi connectivity index (χ1n) is 5.54. The van der Waals surface area contributed by atoms with Crippen LogP contribution in [0.15, 0.2) is 0 Å². The summed E-state index contributed by atoms with van der Waals surface area (Å²) < 4.78 is 5.17. The first-order chi connectivity index (χ1) is 6.61. The van der Waals surface area contributed by atoms with Crippen LogP contribution in [0.3, 0.4) is 0 Å². The van der Waals surface area contributed by atoms with E-state index < -0.39 is 0 Å². The summed E-state index contributed by atoms with van der Waals surface area (Å²) in [5.74, 6) is 0.701. The maximum Gasteiger partial charge on any atom is 0.0615 e. The average molecular weight is 202 g/mol. The predicted octanol–water partition coefficient (Wildman–Crippen LogP) is 1.33. The van der Waals surface area contributed by atoms with E-state index in [2.05, 4.69) is 25.7 Å². The molecule has 0 saturated carbocycles. The Morgan fingerprint density at radius 3 is 2.36 bits per heavy atom. The van der Waals surface area contributed by atoms with Crippen molar-refractivity contribution in [1.29, 1.82) is 0 Å². The molecule has 0 aliphatic rings. The van der Waals surface area contributed by atoms with Crippen LogP contribution in [-0.4, -0.2) is 44.3 Å². The third-order valence-electron chi connectivity index (χ3n) is 2.28. The molecule has 0 aromatic carbocycles. The summed E-state index contributed by atoms with van der Waals surface area (Å²) in [5, 5.41) is 0. The molecule has 0 spiro atoms. The van der Waals surface area contributed by atoms with E-state index in [4.69, 9.17) is 10.5 Å². The highest BCUT2D eigenvalue weighted by molar-refractivity contribution is 4.68. The highest BCUT2D eigenvalue weighted by Gasteiger charge is 2.13. The Hall–Kier alpha value is -0.120. The third-order valence-corrected chi connectivity index (χ3v) is 2.28. The lowest BCUT2D eigenvalue weighted by Gasteiger charge is -2.30. The molecule has 3 nitrogen and oxygen atoms in total. The van der Waals surface area contributed by atoms with Crippen molar-refractivity contribution in [1.82, 2.24) is 4.90 Å². The van der Waals surface area contributed by atoms with Crippen molar-refractivity contribution >= 4 is 0 Å². The molecule has 0 bridgehead atoms. The highest BCUT2D eigenvalue weighted by atomic mass is 16.5. The summed E-state index contributed by atoms with van der Waals surface area (Å²) in [7, 11) is 1.76. The van der Waals surface area contributed by atoms with Gasteiger partial charge in [0.15, 0.2) is 0 Å². The molecule has 0 radical (unpaired) electrons. The zero-order valence-electron chi connectivity index (χ0n) is 10.1. The molecule has 0 fully saturated rings. The van der Waals surface area contributed by atoms with Gasteiger partial charge in [-0.05, 0) is 32.4 Å². The first-order valence-corrected chi connectivity index (χ1v) is 5.54. The minimum atomic E-state index is 0.494. The van der Waals surface area contributed by atoms with Gasteiger partial charge in [-0.3, -0.25) is 4.90 Å². The Bertz CT molecular complexity index is 128. The fraction of sp³-hybridized carbons (Fsp3) is 1.00. The summed E-state index contributed by atoms with van der Waals surface area (Å²) in [5.41, 5.74) is 5.52. The molecule has 0 aliphatic heterocycles. The van der Waals surface area contributed by atoms with Crippen molar-refractivity contribution in [3.05, 3.63) is 0 Å². The van der Waals surface area contributed by atoms with Gasteiger partial charge in [-0.1, -0.05) is 13.8 Å². The summed E-state index contributed by atoms with van der Waals surface area (Å²) in [4.78, 5) is 2.46. The highest BCUT2D eigenvalue weighted by Crippen LogP contribution is 2.05. The Morgan fingerprint density at radius 1 is 1.29 bits per heavy atom. The van der Waals surface area contributed by atoms with E-state index in [1.165, 1.54) is 0 Å². The van der Waals surface area contributed by atoms with E-state index in [0.717, 1.165) is 32.7 Å². The number of nitrogens with two attached hydrogens (primary N) is 1. The van der Waals surface area contributed by atoms with Crippen LogP contribution in [-0.2, 0) is 4.74 Å². The van der Waals surface area contributed by atoms with Gasteiger partial charge < -0.3 is 10.5 Å². The van der Waals surface area contributed by atoms with Crippen molar-refractivity contribution in [2.45, 2.75) is 33.2 Å². The zero-order valence-corrected chi connectivity index (χ0v) is 10.1. The number of hydrogen-bond acceptors (Lipinski definition) is 3. The molecule has 1 unspecified atom stereocenters. The van der Waals surface area contributed by atoms with Crippen LogP contribution in [0.25, 0.3) is 0 Å². The van der Waals surface area contributed by atoms with Gasteiger partial charge in [-0.2, -0.15) is 0 Å². The van der Waals surface area contributed by atoms with E-state index in [1.54, 1.807) is 7.11 Å². The van der Waals surface area contributed by atoms with Crippen LogP contribution in [0.5, 0.6) is 0 Å². The molecular formula is C11H26N2O. The smallest absolute Gasteiger partial charge is 0.0615 e. The molecule has 0 aromatic rings. The topological polar surface area (TPSA) is 38.5 Å². The first kappa shape index (κ1) is 13.9. The van der Waals surface area contributed by atoms with Crippen LogP contribution in [0.1, 0.15) is 27.2 Å². The van der Waals surface area contributed by atoms with E-state index in [9.17, 15) is 0 Å². The number of ether oxygens (including phenoxy) is 1. The molecular weight excluding hydrogens is 176 g/mol. The molecule has 14 heavy (non-hydrogen) atoms. The second-order valence-corrected chi connectivity index (χ2v) is 4.34. The molecule has 1 atom stereocenters. The maximum atomic E-state index is 5.52. The van der Waals surface area contributed by atoms with Gasteiger partial charge in [-0.15, -0.1) is 0 Å². The molecule has 0 heterocycles. The Labute approximate surface area is 88.6 Å². The maximum absolute atomic E-state index is 5.52.